The van der Waals surface area contributed by atoms with Gasteiger partial charge in [-0.1, -0.05) is 43.3 Å². The molecule has 0 radical (unpaired) electrons. The third kappa shape index (κ3) is 3.51. The van der Waals surface area contributed by atoms with Crippen molar-refractivity contribution in [1.29, 1.82) is 0 Å². The van der Waals surface area contributed by atoms with Crippen LogP contribution in [0.2, 0.25) is 0 Å². The summed E-state index contributed by atoms with van der Waals surface area (Å²) in [4.78, 5) is 4.19. The highest BCUT2D eigenvalue weighted by molar-refractivity contribution is 7.11. The maximum Gasteiger partial charge on any atom is 0.119 e. The van der Waals surface area contributed by atoms with Crippen LogP contribution in [-0.2, 0) is 19.3 Å². The minimum atomic E-state index is 0.480. The van der Waals surface area contributed by atoms with Gasteiger partial charge < -0.3 is 5.11 Å². The van der Waals surface area contributed by atoms with E-state index in [1.807, 2.05) is 23.5 Å². The first kappa shape index (κ1) is 17.6. The smallest absolute Gasteiger partial charge is 0.119 e. The minimum absolute atomic E-state index is 0.480. The van der Waals surface area contributed by atoms with Crippen molar-refractivity contribution in [3.8, 4) is 5.75 Å². The third-order valence-corrected chi connectivity index (χ3v) is 6.75. The lowest BCUT2D eigenvalue weighted by Crippen LogP contribution is -2.41. The zero-order valence-electron chi connectivity index (χ0n) is 15.4. The van der Waals surface area contributed by atoms with Gasteiger partial charge in [-0.25, -0.2) is 0 Å². The molecule has 26 heavy (non-hydrogen) atoms. The average Bonchev–Trinajstić information content (AvgIpc) is 3.08. The molecule has 1 aliphatic rings. The van der Waals surface area contributed by atoms with Crippen LogP contribution in [0.25, 0.3) is 10.8 Å². The molecule has 3 aromatic rings. The lowest BCUT2D eigenvalue weighted by Gasteiger charge is -2.35. The van der Waals surface area contributed by atoms with E-state index >= 15 is 0 Å². The molecule has 0 spiro atoms. The van der Waals surface area contributed by atoms with Gasteiger partial charge in [0.25, 0.3) is 0 Å². The molecule has 0 bridgehead atoms. The predicted octanol–water partition coefficient (Wildman–Crippen LogP) is 5.42. The average molecular weight is 366 g/mol. The van der Waals surface area contributed by atoms with E-state index in [1.54, 1.807) is 0 Å². The van der Waals surface area contributed by atoms with Gasteiger partial charge >= 0.3 is 0 Å². The summed E-state index contributed by atoms with van der Waals surface area (Å²) in [7, 11) is 0. The topological polar surface area (TPSA) is 23.5 Å². The van der Waals surface area contributed by atoms with E-state index in [2.05, 4.69) is 47.5 Å². The summed E-state index contributed by atoms with van der Waals surface area (Å²) in [6, 6.07) is 15.3. The van der Waals surface area contributed by atoms with Gasteiger partial charge in [-0.2, -0.15) is 0 Å². The second kappa shape index (κ2) is 7.81. The third-order valence-electron chi connectivity index (χ3n) is 5.67. The first-order chi connectivity index (χ1) is 12.8. The monoisotopic (exact) mass is 365 g/mol. The molecule has 1 N–H and O–H groups in total. The van der Waals surface area contributed by atoms with Crippen molar-refractivity contribution < 1.29 is 5.11 Å². The molecule has 1 heterocycles. The number of phenols is 1. The summed E-state index contributed by atoms with van der Waals surface area (Å²) >= 11 is 1.90. The Hall–Kier alpha value is -1.84. The number of hydrogen-bond acceptors (Lipinski definition) is 3. The maximum absolute atomic E-state index is 10.1. The van der Waals surface area contributed by atoms with Crippen LogP contribution in [0.4, 0.5) is 0 Å². The molecule has 4 rings (SSSR count). The summed E-state index contributed by atoms with van der Waals surface area (Å²) < 4.78 is 0. The van der Waals surface area contributed by atoms with Gasteiger partial charge in [-0.15, -0.1) is 11.3 Å². The van der Waals surface area contributed by atoms with Crippen molar-refractivity contribution >= 4 is 22.1 Å². The Morgan fingerprint density at radius 1 is 1.12 bits per heavy atom. The molecule has 0 saturated heterocycles. The Labute approximate surface area is 160 Å². The van der Waals surface area contributed by atoms with Crippen LogP contribution in [0.15, 0.2) is 47.8 Å². The van der Waals surface area contributed by atoms with Crippen LogP contribution in [0.3, 0.4) is 0 Å². The zero-order chi connectivity index (χ0) is 17.9. The van der Waals surface area contributed by atoms with Gasteiger partial charge in [0.15, 0.2) is 0 Å². The highest BCUT2D eigenvalue weighted by Crippen LogP contribution is 2.31. The number of thiophene rings is 1. The van der Waals surface area contributed by atoms with E-state index in [9.17, 15) is 5.11 Å². The number of benzene rings is 2. The van der Waals surface area contributed by atoms with Crippen LogP contribution in [0, 0.1) is 0 Å². The predicted molar refractivity (Wildman–Crippen MR) is 111 cm³/mol. The molecule has 1 unspecified atom stereocenters. The van der Waals surface area contributed by atoms with Gasteiger partial charge in [-0.05, 0) is 72.0 Å². The SMILES string of the molecule is CCCN(CCc1scc2ccccc12)C1CCc2c(O)cccc2C1. The Morgan fingerprint density at radius 3 is 2.88 bits per heavy atom. The normalized spacial score (nSPS) is 16.9. The molecule has 1 aromatic heterocycles. The quantitative estimate of drug-likeness (QED) is 0.630. The molecule has 2 aromatic carbocycles. The van der Waals surface area contributed by atoms with Crippen LogP contribution in [0.5, 0.6) is 5.75 Å². The van der Waals surface area contributed by atoms with Crippen molar-refractivity contribution in [2.45, 2.75) is 45.1 Å². The lowest BCUT2D eigenvalue weighted by molar-refractivity contribution is 0.181. The molecule has 2 nitrogen and oxygen atoms in total. The van der Waals surface area contributed by atoms with E-state index in [1.165, 1.54) is 33.2 Å². The maximum atomic E-state index is 10.1. The number of phenolic OH excluding ortho intramolecular Hbond substituents is 1. The fourth-order valence-electron chi connectivity index (χ4n) is 4.33. The minimum Gasteiger partial charge on any atom is -0.508 e. The highest BCUT2D eigenvalue weighted by Gasteiger charge is 2.25. The molecule has 0 amide bonds. The van der Waals surface area contributed by atoms with Gasteiger partial charge in [0.1, 0.15) is 5.75 Å². The Balaban J connectivity index is 1.48. The second-order valence-electron chi connectivity index (χ2n) is 7.34. The van der Waals surface area contributed by atoms with Crippen molar-refractivity contribution in [1.82, 2.24) is 4.90 Å². The largest absolute Gasteiger partial charge is 0.508 e. The van der Waals surface area contributed by atoms with E-state index in [0.29, 0.717) is 11.8 Å². The first-order valence-electron chi connectivity index (χ1n) is 9.75. The number of rotatable bonds is 6. The Morgan fingerprint density at radius 2 is 2.00 bits per heavy atom. The van der Waals surface area contributed by atoms with Crippen molar-refractivity contribution in [2.75, 3.05) is 13.1 Å². The number of hydrogen-bond donors (Lipinski definition) is 1. The van der Waals surface area contributed by atoms with Crippen LogP contribution in [0.1, 0.15) is 35.8 Å². The fourth-order valence-corrected chi connectivity index (χ4v) is 5.33. The second-order valence-corrected chi connectivity index (χ2v) is 8.31. The standard InChI is InChI=1S/C23H27NOS/c1-2-13-24(14-12-23-21-8-4-3-6-18(21)16-26-23)19-10-11-20-17(15-19)7-5-9-22(20)25/h3-9,16,19,25H,2,10-15H2,1H3. The highest BCUT2D eigenvalue weighted by atomic mass is 32.1. The van der Waals surface area contributed by atoms with E-state index < -0.39 is 0 Å². The van der Waals surface area contributed by atoms with Crippen LogP contribution >= 0.6 is 11.3 Å². The summed E-state index contributed by atoms with van der Waals surface area (Å²) in [5.41, 5.74) is 2.51. The lowest BCUT2D eigenvalue weighted by atomic mass is 9.86. The van der Waals surface area contributed by atoms with Crippen molar-refractivity contribution in [2.24, 2.45) is 0 Å². The molecular formula is C23H27NOS. The molecule has 1 atom stereocenters. The van der Waals surface area contributed by atoms with E-state index in [0.717, 1.165) is 38.8 Å². The van der Waals surface area contributed by atoms with Crippen molar-refractivity contribution in [3.05, 3.63) is 63.8 Å². The Kier molecular flexibility index (Phi) is 5.28. The van der Waals surface area contributed by atoms with Crippen LogP contribution < -0.4 is 0 Å². The molecule has 3 heteroatoms. The number of fused-ring (bicyclic) bond motifs is 2. The number of nitrogens with zero attached hydrogens (tertiary/aromatic N) is 1. The Bertz CT molecular complexity index is 885. The van der Waals surface area contributed by atoms with Gasteiger partial charge in [0.2, 0.25) is 0 Å². The van der Waals surface area contributed by atoms with E-state index in [4.69, 9.17) is 0 Å². The fraction of sp³-hybridized carbons (Fsp3) is 0.391. The zero-order valence-corrected chi connectivity index (χ0v) is 16.3. The van der Waals surface area contributed by atoms with E-state index in [-0.39, 0.29) is 0 Å². The van der Waals surface area contributed by atoms with Gasteiger partial charge in [0.05, 0.1) is 0 Å². The summed E-state index contributed by atoms with van der Waals surface area (Å²) in [5, 5.41) is 15.2. The van der Waals surface area contributed by atoms with Crippen LogP contribution in [-0.4, -0.2) is 29.1 Å². The van der Waals surface area contributed by atoms with Crippen molar-refractivity contribution in [3.63, 3.8) is 0 Å². The summed E-state index contributed by atoms with van der Waals surface area (Å²) in [6.07, 6.45) is 5.52. The van der Waals surface area contributed by atoms with Gasteiger partial charge in [0, 0.05) is 17.5 Å². The molecular weight excluding hydrogens is 338 g/mol. The molecule has 0 fully saturated rings. The summed E-state index contributed by atoms with van der Waals surface area (Å²) in [5.74, 6) is 0.480. The molecule has 0 saturated carbocycles. The van der Waals surface area contributed by atoms with Gasteiger partial charge in [-0.3, -0.25) is 4.90 Å². The molecule has 0 aliphatic heterocycles. The summed E-state index contributed by atoms with van der Waals surface area (Å²) in [6.45, 7) is 4.55. The molecule has 136 valence electrons. The molecule has 1 aliphatic carbocycles. The number of aromatic hydroxyl groups is 1. The first-order valence-corrected chi connectivity index (χ1v) is 10.6.